The predicted octanol–water partition coefficient (Wildman–Crippen LogP) is 4.36. The van der Waals surface area contributed by atoms with Crippen LogP contribution in [0.1, 0.15) is 17.2 Å². The first kappa shape index (κ1) is 13.7. The molecule has 0 heterocycles. The summed E-state index contributed by atoms with van der Waals surface area (Å²) in [5.41, 5.74) is 7.47. The molecule has 0 radical (unpaired) electrons. The van der Waals surface area contributed by atoms with Crippen molar-refractivity contribution in [1.82, 2.24) is 0 Å². The van der Waals surface area contributed by atoms with E-state index in [4.69, 9.17) is 5.73 Å². The molecule has 0 aliphatic heterocycles. The zero-order chi connectivity index (χ0) is 14.8. The molecule has 0 amide bonds. The lowest BCUT2D eigenvalue weighted by Gasteiger charge is -2.15. The Kier molecular flexibility index (Phi) is 3.67. The smallest absolute Gasteiger partial charge is 0.162 e. The van der Waals surface area contributed by atoms with E-state index in [1.165, 1.54) is 6.07 Å². The summed E-state index contributed by atoms with van der Waals surface area (Å²) in [6, 6.07) is 17.6. The molecule has 0 aromatic heterocycles. The van der Waals surface area contributed by atoms with E-state index in [9.17, 15) is 8.78 Å². The molecular weight excluding hydrogens is 268 g/mol. The first-order valence-corrected chi connectivity index (χ1v) is 6.83. The predicted molar refractivity (Wildman–Crippen MR) is 80.9 cm³/mol. The molecule has 0 fully saturated rings. The van der Waals surface area contributed by atoms with Gasteiger partial charge in [0.1, 0.15) is 0 Å². The summed E-state index contributed by atoms with van der Waals surface area (Å²) in [5.74, 6) is -1.65. The van der Waals surface area contributed by atoms with Crippen LogP contribution in [0, 0.1) is 11.6 Å². The van der Waals surface area contributed by atoms with Gasteiger partial charge in [0.2, 0.25) is 0 Å². The molecule has 3 aromatic carbocycles. The Morgan fingerprint density at radius 1 is 0.857 bits per heavy atom. The van der Waals surface area contributed by atoms with Crippen LogP contribution in [0.15, 0.2) is 60.7 Å². The molecule has 106 valence electrons. The van der Waals surface area contributed by atoms with Crippen LogP contribution < -0.4 is 5.73 Å². The van der Waals surface area contributed by atoms with Crippen LogP contribution in [0.25, 0.3) is 10.8 Å². The lowest BCUT2D eigenvalue weighted by Crippen LogP contribution is -2.15. The molecular formula is C18H15F2N. The van der Waals surface area contributed by atoms with E-state index < -0.39 is 11.6 Å². The first-order chi connectivity index (χ1) is 10.2. The topological polar surface area (TPSA) is 26.0 Å². The van der Waals surface area contributed by atoms with E-state index in [0.717, 1.165) is 22.4 Å². The summed E-state index contributed by atoms with van der Waals surface area (Å²) < 4.78 is 27.0. The third kappa shape index (κ3) is 2.65. The van der Waals surface area contributed by atoms with Crippen molar-refractivity contribution in [3.05, 3.63) is 83.4 Å². The maximum atomic E-state index is 13.8. The van der Waals surface area contributed by atoms with Crippen LogP contribution in [-0.4, -0.2) is 0 Å². The van der Waals surface area contributed by atoms with E-state index in [2.05, 4.69) is 0 Å². The summed E-state index contributed by atoms with van der Waals surface area (Å²) in [6.07, 6.45) is 0.262. The van der Waals surface area contributed by atoms with Crippen molar-refractivity contribution < 1.29 is 8.78 Å². The van der Waals surface area contributed by atoms with Crippen LogP contribution in [0.3, 0.4) is 0 Å². The maximum Gasteiger partial charge on any atom is 0.162 e. The summed E-state index contributed by atoms with van der Waals surface area (Å²) in [7, 11) is 0. The molecule has 1 nitrogen and oxygen atoms in total. The monoisotopic (exact) mass is 283 g/mol. The van der Waals surface area contributed by atoms with Crippen molar-refractivity contribution in [2.24, 2.45) is 5.73 Å². The SMILES string of the molecule is NC(Cc1cccc(F)c1F)c1cccc2ccccc12. The number of halogens is 2. The van der Waals surface area contributed by atoms with Crippen molar-refractivity contribution in [3.63, 3.8) is 0 Å². The highest BCUT2D eigenvalue weighted by Crippen LogP contribution is 2.26. The van der Waals surface area contributed by atoms with Crippen molar-refractivity contribution in [2.45, 2.75) is 12.5 Å². The zero-order valence-electron chi connectivity index (χ0n) is 11.4. The Morgan fingerprint density at radius 2 is 1.57 bits per heavy atom. The minimum absolute atomic E-state index is 0.262. The lowest BCUT2D eigenvalue weighted by atomic mass is 9.94. The zero-order valence-corrected chi connectivity index (χ0v) is 11.4. The third-order valence-electron chi connectivity index (χ3n) is 3.69. The molecule has 2 N–H and O–H groups in total. The Labute approximate surface area is 122 Å². The van der Waals surface area contributed by atoms with Crippen LogP contribution in [0.2, 0.25) is 0 Å². The molecule has 0 spiro atoms. The van der Waals surface area contributed by atoms with Gasteiger partial charge in [-0.05, 0) is 34.4 Å². The van der Waals surface area contributed by atoms with Crippen LogP contribution in [0.5, 0.6) is 0 Å². The van der Waals surface area contributed by atoms with Gasteiger partial charge in [-0.2, -0.15) is 0 Å². The molecule has 1 atom stereocenters. The highest BCUT2D eigenvalue weighted by atomic mass is 19.2. The second-order valence-electron chi connectivity index (χ2n) is 5.09. The fourth-order valence-corrected chi connectivity index (χ4v) is 2.63. The minimum atomic E-state index is -0.836. The average Bonchev–Trinajstić information content (AvgIpc) is 2.51. The second-order valence-corrected chi connectivity index (χ2v) is 5.09. The van der Waals surface area contributed by atoms with Gasteiger partial charge in [-0.15, -0.1) is 0 Å². The molecule has 0 bridgehead atoms. The molecule has 0 saturated carbocycles. The minimum Gasteiger partial charge on any atom is -0.324 e. The van der Waals surface area contributed by atoms with Gasteiger partial charge in [-0.25, -0.2) is 8.78 Å². The first-order valence-electron chi connectivity index (χ1n) is 6.83. The van der Waals surface area contributed by atoms with Gasteiger partial charge in [-0.1, -0.05) is 54.6 Å². The molecule has 0 saturated heterocycles. The molecule has 0 aliphatic carbocycles. The number of benzene rings is 3. The fraction of sp³-hybridized carbons (Fsp3) is 0.111. The highest BCUT2D eigenvalue weighted by Gasteiger charge is 2.14. The average molecular weight is 283 g/mol. The van der Waals surface area contributed by atoms with Crippen molar-refractivity contribution in [2.75, 3.05) is 0 Å². The van der Waals surface area contributed by atoms with Crippen LogP contribution >= 0.6 is 0 Å². The Balaban J connectivity index is 1.97. The van der Waals surface area contributed by atoms with Crippen molar-refractivity contribution >= 4 is 10.8 Å². The molecule has 0 aliphatic rings. The molecule has 1 unspecified atom stereocenters. The van der Waals surface area contributed by atoms with Gasteiger partial charge >= 0.3 is 0 Å². The van der Waals surface area contributed by atoms with E-state index in [1.807, 2.05) is 42.5 Å². The van der Waals surface area contributed by atoms with Gasteiger partial charge in [0.05, 0.1) is 0 Å². The number of fused-ring (bicyclic) bond motifs is 1. The maximum absolute atomic E-state index is 13.8. The summed E-state index contributed by atoms with van der Waals surface area (Å²) in [4.78, 5) is 0. The Hall–Kier alpha value is -2.26. The van der Waals surface area contributed by atoms with E-state index >= 15 is 0 Å². The number of rotatable bonds is 3. The standard InChI is InChI=1S/C18H15F2N/c19-16-10-4-7-13(18(16)20)11-17(21)15-9-3-6-12-5-1-2-8-14(12)15/h1-10,17H,11,21H2. The van der Waals surface area contributed by atoms with E-state index in [1.54, 1.807) is 6.07 Å². The Bertz CT molecular complexity index is 778. The molecule has 3 rings (SSSR count). The second kappa shape index (κ2) is 5.62. The van der Waals surface area contributed by atoms with E-state index in [-0.39, 0.29) is 12.5 Å². The lowest BCUT2D eigenvalue weighted by molar-refractivity contribution is 0.494. The van der Waals surface area contributed by atoms with Crippen LogP contribution in [-0.2, 0) is 6.42 Å². The number of hydrogen-bond donors (Lipinski definition) is 1. The van der Waals surface area contributed by atoms with Crippen LogP contribution in [0.4, 0.5) is 8.78 Å². The normalized spacial score (nSPS) is 12.5. The van der Waals surface area contributed by atoms with Gasteiger partial charge in [0.25, 0.3) is 0 Å². The van der Waals surface area contributed by atoms with Gasteiger partial charge in [-0.3, -0.25) is 0 Å². The summed E-state index contributed by atoms with van der Waals surface area (Å²) in [5, 5.41) is 2.13. The number of nitrogens with two attached hydrogens (primary N) is 1. The molecule has 3 aromatic rings. The molecule has 21 heavy (non-hydrogen) atoms. The third-order valence-corrected chi connectivity index (χ3v) is 3.69. The van der Waals surface area contributed by atoms with Gasteiger partial charge < -0.3 is 5.73 Å². The van der Waals surface area contributed by atoms with Crippen molar-refractivity contribution in [1.29, 1.82) is 0 Å². The van der Waals surface area contributed by atoms with E-state index in [0.29, 0.717) is 5.56 Å². The summed E-state index contributed by atoms with van der Waals surface area (Å²) >= 11 is 0. The quantitative estimate of drug-likeness (QED) is 0.759. The molecule has 3 heteroatoms. The largest absolute Gasteiger partial charge is 0.324 e. The fourth-order valence-electron chi connectivity index (χ4n) is 2.63. The van der Waals surface area contributed by atoms with Gasteiger partial charge in [0.15, 0.2) is 11.6 Å². The highest BCUT2D eigenvalue weighted by molar-refractivity contribution is 5.86. The summed E-state index contributed by atoms with van der Waals surface area (Å²) in [6.45, 7) is 0. The van der Waals surface area contributed by atoms with Crippen molar-refractivity contribution in [3.8, 4) is 0 Å². The Morgan fingerprint density at radius 3 is 2.43 bits per heavy atom. The van der Waals surface area contributed by atoms with Gasteiger partial charge in [0, 0.05) is 6.04 Å². The number of hydrogen-bond acceptors (Lipinski definition) is 1.